The molecule has 0 aliphatic rings. The second kappa shape index (κ2) is 3.17. The molecule has 1 rings (SSSR count). The smallest absolute Gasteiger partial charge is 0.157 e. The topological polar surface area (TPSA) is 58.7 Å². The summed E-state index contributed by atoms with van der Waals surface area (Å²) in [6.45, 7) is 0.0651. The molecule has 0 atom stereocenters. The third-order valence-corrected chi connectivity index (χ3v) is 1.42. The average molecular weight is 170 g/mol. The minimum absolute atomic E-state index is 0.0651. The molecule has 0 spiro atoms. The molecule has 0 amide bonds. The molecule has 0 N–H and O–H groups in total. The quantitative estimate of drug-likeness (QED) is 0.610. The number of aromatic nitrogens is 2. The van der Waals surface area contributed by atoms with E-state index >= 15 is 0 Å². The number of halogens is 1. The number of nitriles is 1. The van der Waals surface area contributed by atoms with Crippen molar-refractivity contribution < 1.29 is 4.79 Å². The number of carbonyl (C=O) groups excluding carboxylic acids is 1. The van der Waals surface area contributed by atoms with Crippen molar-refractivity contribution in [1.82, 2.24) is 9.78 Å². The van der Waals surface area contributed by atoms with Crippen molar-refractivity contribution in [3.63, 3.8) is 0 Å². The van der Waals surface area contributed by atoms with Crippen LogP contribution >= 0.6 is 11.6 Å². The molecule has 1 aromatic heterocycles. The summed E-state index contributed by atoms with van der Waals surface area (Å²) in [4.78, 5) is 10.0. The van der Waals surface area contributed by atoms with Crippen molar-refractivity contribution in [1.29, 1.82) is 5.26 Å². The van der Waals surface area contributed by atoms with Gasteiger partial charge in [-0.2, -0.15) is 10.4 Å². The van der Waals surface area contributed by atoms with Gasteiger partial charge < -0.3 is 4.79 Å². The minimum atomic E-state index is 0.0651. The number of hydrogen-bond acceptors (Lipinski definition) is 3. The van der Waals surface area contributed by atoms with Gasteiger partial charge in [-0.1, -0.05) is 11.6 Å². The van der Waals surface area contributed by atoms with E-state index in [1.54, 1.807) is 0 Å². The molecule has 0 bridgehead atoms. The van der Waals surface area contributed by atoms with Gasteiger partial charge in [0.2, 0.25) is 0 Å². The number of aldehydes is 1. The van der Waals surface area contributed by atoms with Crippen LogP contribution in [0.5, 0.6) is 0 Å². The molecule has 0 saturated carbocycles. The van der Waals surface area contributed by atoms with E-state index in [9.17, 15) is 4.79 Å². The maximum Gasteiger partial charge on any atom is 0.157 e. The van der Waals surface area contributed by atoms with Crippen molar-refractivity contribution in [3.8, 4) is 6.07 Å². The number of carbonyl (C=O) groups is 1. The van der Waals surface area contributed by atoms with Gasteiger partial charge in [-0.15, -0.1) is 0 Å². The number of hydrogen-bond donors (Lipinski definition) is 0. The summed E-state index contributed by atoms with van der Waals surface area (Å²) in [5.41, 5.74) is 0.221. The zero-order valence-corrected chi connectivity index (χ0v) is 6.25. The Morgan fingerprint density at radius 1 is 1.91 bits per heavy atom. The second-order valence-electron chi connectivity index (χ2n) is 1.80. The van der Waals surface area contributed by atoms with Crippen LogP contribution in [0.2, 0.25) is 5.02 Å². The molecule has 1 aromatic rings. The SMILES string of the molecule is N#Cc1c(Cl)cnn1CC=O. The minimum Gasteiger partial charge on any atom is -0.301 e. The molecule has 0 fully saturated rings. The van der Waals surface area contributed by atoms with E-state index in [0.717, 1.165) is 0 Å². The Morgan fingerprint density at radius 2 is 2.64 bits per heavy atom. The molecule has 0 aromatic carbocycles. The van der Waals surface area contributed by atoms with E-state index in [4.69, 9.17) is 16.9 Å². The van der Waals surface area contributed by atoms with Gasteiger partial charge in [-0.05, 0) is 0 Å². The molecule has 1 heterocycles. The van der Waals surface area contributed by atoms with Crippen LogP contribution in [-0.2, 0) is 11.3 Å². The maximum atomic E-state index is 10.0. The van der Waals surface area contributed by atoms with Crippen LogP contribution < -0.4 is 0 Å². The second-order valence-corrected chi connectivity index (χ2v) is 2.21. The van der Waals surface area contributed by atoms with E-state index < -0.39 is 0 Å². The first-order chi connectivity index (χ1) is 5.29. The fourth-order valence-corrected chi connectivity index (χ4v) is 0.866. The van der Waals surface area contributed by atoms with Crippen molar-refractivity contribution >= 4 is 17.9 Å². The summed E-state index contributed by atoms with van der Waals surface area (Å²) in [5, 5.41) is 12.5. The van der Waals surface area contributed by atoms with Crippen LogP contribution in [0, 0.1) is 11.3 Å². The number of nitrogens with zero attached hydrogens (tertiary/aromatic N) is 3. The summed E-state index contributed by atoms with van der Waals surface area (Å²) in [7, 11) is 0. The highest BCUT2D eigenvalue weighted by Crippen LogP contribution is 2.12. The highest BCUT2D eigenvalue weighted by atomic mass is 35.5. The lowest BCUT2D eigenvalue weighted by Gasteiger charge is -1.92. The Kier molecular flexibility index (Phi) is 2.24. The lowest BCUT2D eigenvalue weighted by molar-refractivity contribution is -0.108. The summed E-state index contributed by atoms with van der Waals surface area (Å²) in [5.74, 6) is 0. The third kappa shape index (κ3) is 1.38. The molecule has 0 saturated heterocycles. The van der Waals surface area contributed by atoms with Crippen molar-refractivity contribution in [2.75, 3.05) is 0 Å². The molecule has 0 unspecified atom stereocenters. The lowest BCUT2D eigenvalue weighted by atomic mass is 10.4. The lowest BCUT2D eigenvalue weighted by Crippen LogP contribution is -2.03. The van der Waals surface area contributed by atoms with Crippen molar-refractivity contribution in [2.45, 2.75) is 6.54 Å². The van der Waals surface area contributed by atoms with Gasteiger partial charge in [-0.3, -0.25) is 0 Å². The van der Waals surface area contributed by atoms with E-state index in [-0.39, 0.29) is 17.3 Å². The summed E-state index contributed by atoms with van der Waals surface area (Å²) in [6, 6.07) is 1.84. The molecule has 11 heavy (non-hydrogen) atoms. The van der Waals surface area contributed by atoms with Gasteiger partial charge in [0.05, 0.1) is 17.8 Å². The van der Waals surface area contributed by atoms with Crippen molar-refractivity contribution in [2.24, 2.45) is 0 Å². The molecular formula is C6H4ClN3O. The zero-order valence-electron chi connectivity index (χ0n) is 5.49. The molecule has 4 nitrogen and oxygen atoms in total. The maximum absolute atomic E-state index is 10.0. The first-order valence-electron chi connectivity index (χ1n) is 2.84. The van der Waals surface area contributed by atoms with Crippen LogP contribution in [0.1, 0.15) is 5.69 Å². The summed E-state index contributed by atoms with van der Waals surface area (Å²) in [6.07, 6.45) is 1.99. The van der Waals surface area contributed by atoms with E-state index in [2.05, 4.69) is 5.10 Å². The van der Waals surface area contributed by atoms with E-state index in [1.165, 1.54) is 10.9 Å². The highest BCUT2D eigenvalue weighted by molar-refractivity contribution is 6.31. The van der Waals surface area contributed by atoms with Gasteiger partial charge >= 0.3 is 0 Å². The van der Waals surface area contributed by atoms with Crippen LogP contribution in [0.3, 0.4) is 0 Å². The Balaban J connectivity index is 3.07. The van der Waals surface area contributed by atoms with Crippen LogP contribution in [-0.4, -0.2) is 16.1 Å². The first-order valence-corrected chi connectivity index (χ1v) is 3.22. The van der Waals surface area contributed by atoms with Crippen LogP contribution in [0.4, 0.5) is 0 Å². The number of rotatable bonds is 2. The zero-order chi connectivity index (χ0) is 8.27. The molecule has 0 aliphatic heterocycles. The van der Waals surface area contributed by atoms with E-state index in [0.29, 0.717) is 6.29 Å². The van der Waals surface area contributed by atoms with Crippen molar-refractivity contribution in [3.05, 3.63) is 16.9 Å². The van der Waals surface area contributed by atoms with Gasteiger partial charge in [-0.25, -0.2) is 4.68 Å². The monoisotopic (exact) mass is 169 g/mol. The normalized spacial score (nSPS) is 9.09. The molecule has 0 radical (unpaired) electrons. The third-order valence-electron chi connectivity index (χ3n) is 1.15. The molecule has 56 valence electrons. The average Bonchev–Trinajstić information content (AvgIpc) is 2.33. The predicted octanol–water partition coefficient (Wildman–Crippen LogP) is 0.607. The van der Waals surface area contributed by atoms with Crippen LogP contribution in [0.25, 0.3) is 0 Å². The standard InChI is InChI=1S/C6H4ClN3O/c7-5-4-9-10(1-2-11)6(5)3-8/h2,4H,1H2. The van der Waals surface area contributed by atoms with Crippen LogP contribution in [0.15, 0.2) is 6.20 Å². The highest BCUT2D eigenvalue weighted by Gasteiger charge is 2.06. The predicted molar refractivity (Wildman–Crippen MR) is 38.0 cm³/mol. The summed E-state index contributed by atoms with van der Waals surface area (Å²) < 4.78 is 1.25. The fourth-order valence-electron chi connectivity index (χ4n) is 0.683. The van der Waals surface area contributed by atoms with Gasteiger partial charge in [0.25, 0.3) is 0 Å². The fraction of sp³-hybridized carbons (Fsp3) is 0.167. The largest absolute Gasteiger partial charge is 0.301 e. The Morgan fingerprint density at radius 3 is 3.18 bits per heavy atom. The van der Waals surface area contributed by atoms with E-state index in [1.807, 2.05) is 6.07 Å². The Labute approximate surface area is 68.0 Å². The molecule has 0 aliphatic carbocycles. The Bertz CT molecular complexity index is 312. The summed E-state index contributed by atoms with van der Waals surface area (Å²) >= 11 is 5.56. The Hall–Kier alpha value is -1.34. The molecule has 5 heteroatoms. The first kappa shape index (κ1) is 7.76. The van der Waals surface area contributed by atoms with Gasteiger partial charge in [0.1, 0.15) is 12.4 Å². The van der Waals surface area contributed by atoms with Gasteiger partial charge in [0.15, 0.2) is 5.69 Å². The molecular weight excluding hydrogens is 166 g/mol. The van der Waals surface area contributed by atoms with Gasteiger partial charge in [0, 0.05) is 0 Å².